The Hall–Kier alpha value is -0.960. The van der Waals surface area contributed by atoms with E-state index in [4.69, 9.17) is 5.41 Å². The van der Waals surface area contributed by atoms with Crippen molar-refractivity contribution in [2.45, 2.75) is 13.8 Å². The molecule has 0 radical (unpaired) electrons. The predicted octanol–water partition coefficient (Wildman–Crippen LogP) is 1.43. The molecule has 0 aliphatic heterocycles. The molecular weight excluding hydrogens is 142 g/mol. The van der Waals surface area contributed by atoms with Gasteiger partial charge in [-0.3, -0.25) is 4.79 Å². The van der Waals surface area contributed by atoms with Gasteiger partial charge >= 0.3 is 0 Å². The van der Waals surface area contributed by atoms with E-state index in [1.54, 1.807) is 20.1 Å². The summed E-state index contributed by atoms with van der Waals surface area (Å²) in [6.07, 6.45) is 3.25. The first-order valence-corrected chi connectivity index (χ1v) is 3.37. The van der Waals surface area contributed by atoms with E-state index in [2.05, 4.69) is 4.74 Å². The van der Waals surface area contributed by atoms with Gasteiger partial charge in [-0.05, 0) is 13.8 Å². The number of allylic oxidation sites excluding steroid dienone is 2. The first-order valence-electron chi connectivity index (χ1n) is 3.37. The standard InChI is InChI=1S/C5H7NO.C3H8O/c1-2-5(3-6)4-7;1-3-4-2/h2-4,6H,1H3;3H2,1-2H3/b5-2+,6-3?;. The number of aldehydes is 1. The largest absolute Gasteiger partial charge is 0.385 e. The van der Waals surface area contributed by atoms with Gasteiger partial charge < -0.3 is 10.1 Å². The number of hydrogen-bond acceptors (Lipinski definition) is 3. The summed E-state index contributed by atoms with van der Waals surface area (Å²) in [7, 11) is 1.68. The Labute approximate surface area is 67.6 Å². The monoisotopic (exact) mass is 157 g/mol. The Morgan fingerprint density at radius 1 is 1.64 bits per heavy atom. The van der Waals surface area contributed by atoms with Crippen LogP contribution in [-0.4, -0.2) is 26.2 Å². The molecule has 0 atom stereocenters. The Balaban J connectivity index is 0. The third kappa shape index (κ3) is 12.3. The minimum atomic E-state index is 0.417. The number of rotatable bonds is 3. The summed E-state index contributed by atoms with van der Waals surface area (Å²) in [6, 6.07) is 0. The first-order chi connectivity index (χ1) is 5.26. The third-order valence-electron chi connectivity index (χ3n) is 0.925. The Morgan fingerprint density at radius 2 is 2.09 bits per heavy atom. The molecule has 0 amide bonds. The molecule has 3 nitrogen and oxygen atoms in total. The second kappa shape index (κ2) is 11.8. The lowest BCUT2D eigenvalue weighted by Gasteiger charge is -1.76. The minimum Gasteiger partial charge on any atom is -0.385 e. The first kappa shape index (κ1) is 12.7. The maximum absolute atomic E-state index is 9.75. The average molecular weight is 157 g/mol. The van der Waals surface area contributed by atoms with Crippen molar-refractivity contribution in [1.29, 1.82) is 5.41 Å². The fourth-order valence-electron chi connectivity index (χ4n) is 0.185. The lowest BCUT2D eigenvalue weighted by Crippen LogP contribution is -1.80. The van der Waals surface area contributed by atoms with E-state index in [1.165, 1.54) is 0 Å². The molecule has 0 aromatic carbocycles. The molecule has 0 rings (SSSR count). The van der Waals surface area contributed by atoms with Crippen LogP contribution in [0.1, 0.15) is 13.8 Å². The van der Waals surface area contributed by atoms with Gasteiger partial charge in [-0.1, -0.05) is 6.08 Å². The van der Waals surface area contributed by atoms with Crippen LogP contribution in [0, 0.1) is 5.41 Å². The number of carbonyl (C=O) groups excluding carboxylic acids is 1. The van der Waals surface area contributed by atoms with Gasteiger partial charge in [0.15, 0.2) is 6.29 Å². The molecule has 0 heterocycles. The molecule has 0 spiro atoms. The van der Waals surface area contributed by atoms with Gasteiger partial charge in [0.1, 0.15) is 0 Å². The molecule has 0 unspecified atom stereocenters. The highest BCUT2D eigenvalue weighted by Gasteiger charge is 1.79. The Kier molecular flexibility index (Phi) is 13.6. The number of carbonyl (C=O) groups is 1. The summed E-state index contributed by atoms with van der Waals surface area (Å²) in [5.41, 5.74) is 0.417. The lowest BCUT2D eigenvalue weighted by molar-refractivity contribution is -0.104. The number of nitrogens with one attached hydrogen (secondary N) is 1. The Bertz CT molecular complexity index is 118. The highest BCUT2D eigenvalue weighted by molar-refractivity contribution is 6.00. The summed E-state index contributed by atoms with van der Waals surface area (Å²) in [6.45, 7) is 4.49. The highest BCUT2D eigenvalue weighted by atomic mass is 16.5. The van der Waals surface area contributed by atoms with E-state index in [1.807, 2.05) is 6.92 Å². The number of hydrogen-bond donors (Lipinski definition) is 1. The van der Waals surface area contributed by atoms with Crippen molar-refractivity contribution in [2.24, 2.45) is 0 Å². The molecule has 0 aromatic rings. The van der Waals surface area contributed by atoms with Gasteiger partial charge in [-0.25, -0.2) is 0 Å². The van der Waals surface area contributed by atoms with Crippen LogP contribution in [0.3, 0.4) is 0 Å². The summed E-state index contributed by atoms with van der Waals surface area (Å²) < 4.78 is 4.54. The van der Waals surface area contributed by atoms with E-state index in [9.17, 15) is 4.79 Å². The van der Waals surface area contributed by atoms with Crippen LogP contribution in [0.2, 0.25) is 0 Å². The molecular formula is C8H15NO2. The van der Waals surface area contributed by atoms with E-state index in [0.717, 1.165) is 12.8 Å². The molecule has 11 heavy (non-hydrogen) atoms. The van der Waals surface area contributed by atoms with Gasteiger partial charge in [0.25, 0.3) is 0 Å². The van der Waals surface area contributed by atoms with Crippen molar-refractivity contribution in [2.75, 3.05) is 13.7 Å². The molecule has 0 aromatic heterocycles. The van der Waals surface area contributed by atoms with Crippen molar-refractivity contribution in [1.82, 2.24) is 0 Å². The van der Waals surface area contributed by atoms with Gasteiger partial charge in [0.2, 0.25) is 0 Å². The quantitative estimate of drug-likeness (QED) is 0.383. The number of methoxy groups -OCH3 is 1. The SMILES string of the molecule is C/C=C(\C=N)C=O.CCOC. The van der Waals surface area contributed by atoms with Gasteiger partial charge in [0.05, 0.1) is 0 Å². The highest BCUT2D eigenvalue weighted by Crippen LogP contribution is 1.78. The number of ether oxygens (including phenoxy) is 1. The molecule has 1 N–H and O–H groups in total. The van der Waals surface area contributed by atoms with E-state index in [0.29, 0.717) is 11.9 Å². The normalized spacial score (nSPS) is 9.55. The van der Waals surface area contributed by atoms with Crippen LogP contribution in [-0.2, 0) is 9.53 Å². The molecule has 0 saturated heterocycles. The second-order valence-electron chi connectivity index (χ2n) is 1.63. The summed E-state index contributed by atoms with van der Waals surface area (Å²) in [4.78, 5) is 9.75. The zero-order valence-electron chi connectivity index (χ0n) is 7.26. The fraction of sp³-hybridized carbons (Fsp3) is 0.500. The molecule has 0 fully saturated rings. The molecule has 0 saturated carbocycles. The van der Waals surface area contributed by atoms with Gasteiger partial charge in [0, 0.05) is 25.5 Å². The van der Waals surface area contributed by atoms with Crippen molar-refractivity contribution in [3.8, 4) is 0 Å². The van der Waals surface area contributed by atoms with Crippen molar-refractivity contribution in [3.05, 3.63) is 11.6 Å². The zero-order valence-corrected chi connectivity index (χ0v) is 7.26. The van der Waals surface area contributed by atoms with Crippen molar-refractivity contribution >= 4 is 12.5 Å². The topological polar surface area (TPSA) is 50.2 Å². The molecule has 0 aliphatic rings. The minimum absolute atomic E-state index is 0.417. The van der Waals surface area contributed by atoms with Crippen LogP contribution < -0.4 is 0 Å². The maximum atomic E-state index is 9.75. The van der Waals surface area contributed by atoms with Crippen LogP contribution in [0.25, 0.3) is 0 Å². The van der Waals surface area contributed by atoms with Gasteiger partial charge in [-0.15, -0.1) is 0 Å². The van der Waals surface area contributed by atoms with Crippen LogP contribution in [0.4, 0.5) is 0 Å². The summed E-state index contributed by atoms with van der Waals surface area (Å²) in [5, 5.41) is 6.54. The molecule has 3 heteroatoms. The molecule has 0 aliphatic carbocycles. The van der Waals surface area contributed by atoms with Crippen molar-refractivity contribution < 1.29 is 9.53 Å². The maximum Gasteiger partial charge on any atom is 0.151 e. The van der Waals surface area contributed by atoms with E-state index in [-0.39, 0.29) is 0 Å². The zero-order chi connectivity index (χ0) is 9.11. The summed E-state index contributed by atoms with van der Waals surface area (Å²) >= 11 is 0. The average Bonchev–Trinajstić information content (AvgIpc) is 2.08. The van der Waals surface area contributed by atoms with Crippen LogP contribution in [0.5, 0.6) is 0 Å². The van der Waals surface area contributed by atoms with E-state index >= 15 is 0 Å². The fourth-order valence-corrected chi connectivity index (χ4v) is 0.185. The van der Waals surface area contributed by atoms with Crippen LogP contribution in [0.15, 0.2) is 11.6 Å². The lowest BCUT2D eigenvalue weighted by atomic mass is 10.3. The smallest absolute Gasteiger partial charge is 0.151 e. The third-order valence-corrected chi connectivity index (χ3v) is 0.925. The van der Waals surface area contributed by atoms with Crippen molar-refractivity contribution in [3.63, 3.8) is 0 Å². The van der Waals surface area contributed by atoms with Crippen LogP contribution >= 0.6 is 0 Å². The molecule has 64 valence electrons. The second-order valence-corrected chi connectivity index (χ2v) is 1.63. The van der Waals surface area contributed by atoms with Gasteiger partial charge in [-0.2, -0.15) is 0 Å². The summed E-state index contributed by atoms with van der Waals surface area (Å²) in [5.74, 6) is 0. The predicted molar refractivity (Wildman–Crippen MR) is 46.2 cm³/mol. The van der Waals surface area contributed by atoms with E-state index < -0.39 is 0 Å². The Morgan fingerprint density at radius 3 is 2.09 bits per heavy atom. The molecule has 0 bridgehead atoms.